The summed E-state index contributed by atoms with van der Waals surface area (Å²) >= 11 is 0. The highest BCUT2D eigenvalue weighted by Gasteiger charge is 2.33. The molecule has 0 saturated carbocycles. The van der Waals surface area contributed by atoms with E-state index in [1.807, 2.05) is 25.7 Å². The molecule has 7 heteroatoms. The van der Waals surface area contributed by atoms with E-state index in [4.69, 9.17) is 4.74 Å². The summed E-state index contributed by atoms with van der Waals surface area (Å²) in [6.45, 7) is 9.50. The summed E-state index contributed by atoms with van der Waals surface area (Å²) in [4.78, 5) is 30.8. The first-order valence-electron chi connectivity index (χ1n) is 10.0. The molecule has 2 heterocycles. The number of rotatable bonds is 2. The van der Waals surface area contributed by atoms with E-state index >= 15 is 0 Å². The summed E-state index contributed by atoms with van der Waals surface area (Å²) in [7, 11) is 0. The average Bonchev–Trinajstić information content (AvgIpc) is 2.67. The van der Waals surface area contributed by atoms with Crippen molar-refractivity contribution in [3.8, 4) is 0 Å². The minimum atomic E-state index is -0.506. The third kappa shape index (κ3) is 5.14. The van der Waals surface area contributed by atoms with Crippen LogP contribution in [0, 0.1) is 11.7 Å². The van der Waals surface area contributed by atoms with E-state index in [0.717, 1.165) is 18.8 Å². The molecule has 0 aromatic heterocycles. The number of carbonyl (C=O) groups excluding carboxylic acids is 2. The lowest BCUT2D eigenvalue weighted by Gasteiger charge is -2.39. The lowest BCUT2D eigenvalue weighted by molar-refractivity contribution is -0.137. The summed E-state index contributed by atoms with van der Waals surface area (Å²) in [5.41, 5.74) is 0.479. The van der Waals surface area contributed by atoms with E-state index in [1.165, 1.54) is 12.1 Å². The molecule has 1 aromatic rings. The number of anilines is 1. The molecular formula is C21H30FN3O3. The van der Waals surface area contributed by atoms with Gasteiger partial charge < -0.3 is 19.4 Å². The molecule has 0 bridgehead atoms. The molecule has 2 aliphatic heterocycles. The van der Waals surface area contributed by atoms with Crippen molar-refractivity contribution in [2.75, 3.05) is 44.2 Å². The number of piperazine rings is 1. The van der Waals surface area contributed by atoms with Crippen LogP contribution in [0.2, 0.25) is 0 Å². The van der Waals surface area contributed by atoms with Gasteiger partial charge in [0.2, 0.25) is 5.91 Å². The van der Waals surface area contributed by atoms with Crippen molar-refractivity contribution in [3.63, 3.8) is 0 Å². The highest BCUT2D eigenvalue weighted by molar-refractivity contribution is 5.79. The summed E-state index contributed by atoms with van der Waals surface area (Å²) < 4.78 is 18.5. The Labute approximate surface area is 166 Å². The second-order valence-electron chi connectivity index (χ2n) is 8.53. The molecule has 0 aliphatic carbocycles. The second-order valence-corrected chi connectivity index (χ2v) is 8.53. The van der Waals surface area contributed by atoms with Gasteiger partial charge in [0.15, 0.2) is 0 Å². The van der Waals surface area contributed by atoms with Gasteiger partial charge >= 0.3 is 6.09 Å². The molecule has 6 nitrogen and oxygen atoms in total. The molecule has 0 radical (unpaired) electrons. The van der Waals surface area contributed by atoms with Crippen molar-refractivity contribution < 1.29 is 18.7 Å². The Morgan fingerprint density at radius 2 is 1.50 bits per heavy atom. The molecule has 1 aromatic carbocycles. The smallest absolute Gasteiger partial charge is 0.410 e. The Balaban J connectivity index is 1.46. The number of amides is 2. The maximum atomic E-state index is 13.1. The number of nitrogens with zero attached hydrogens (tertiary/aromatic N) is 3. The summed E-state index contributed by atoms with van der Waals surface area (Å²) in [5, 5.41) is 0. The van der Waals surface area contributed by atoms with Crippen LogP contribution in [0.4, 0.5) is 14.9 Å². The van der Waals surface area contributed by atoms with Gasteiger partial charge in [0.25, 0.3) is 0 Å². The van der Waals surface area contributed by atoms with Gasteiger partial charge in [0.1, 0.15) is 11.4 Å². The van der Waals surface area contributed by atoms with Gasteiger partial charge in [-0.3, -0.25) is 4.79 Å². The number of ether oxygens (including phenoxy) is 1. The van der Waals surface area contributed by atoms with Gasteiger partial charge in [-0.1, -0.05) is 0 Å². The average molecular weight is 391 g/mol. The Hall–Kier alpha value is -2.31. The van der Waals surface area contributed by atoms with Crippen LogP contribution in [-0.4, -0.2) is 66.7 Å². The van der Waals surface area contributed by atoms with Gasteiger partial charge in [-0.2, -0.15) is 0 Å². The molecule has 3 rings (SSSR count). The fraction of sp³-hybridized carbons (Fsp3) is 0.619. The zero-order valence-electron chi connectivity index (χ0n) is 17.0. The highest BCUT2D eigenvalue weighted by atomic mass is 19.1. The van der Waals surface area contributed by atoms with Gasteiger partial charge in [0, 0.05) is 50.9 Å². The number of hydrogen-bond donors (Lipinski definition) is 0. The largest absolute Gasteiger partial charge is 0.444 e. The van der Waals surface area contributed by atoms with Crippen molar-refractivity contribution in [1.82, 2.24) is 9.80 Å². The van der Waals surface area contributed by atoms with Crippen LogP contribution in [0.5, 0.6) is 0 Å². The lowest BCUT2D eigenvalue weighted by atomic mass is 9.95. The maximum Gasteiger partial charge on any atom is 0.410 e. The minimum absolute atomic E-state index is 0.0314. The van der Waals surface area contributed by atoms with Crippen LogP contribution in [0.15, 0.2) is 24.3 Å². The van der Waals surface area contributed by atoms with Crippen molar-refractivity contribution in [2.24, 2.45) is 5.92 Å². The maximum absolute atomic E-state index is 13.1. The zero-order valence-corrected chi connectivity index (χ0v) is 17.0. The predicted octanol–water partition coefficient (Wildman–Crippen LogP) is 3.12. The number of likely N-dealkylation sites (tertiary alicyclic amines) is 1. The van der Waals surface area contributed by atoms with Gasteiger partial charge in [0.05, 0.1) is 0 Å². The van der Waals surface area contributed by atoms with Crippen molar-refractivity contribution in [3.05, 3.63) is 30.1 Å². The van der Waals surface area contributed by atoms with Crippen LogP contribution in [0.25, 0.3) is 0 Å². The molecular weight excluding hydrogens is 361 g/mol. The quantitative estimate of drug-likeness (QED) is 0.777. The number of carbonyl (C=O) groups is 2. The van der Waals surface area contributed by atoms with Gasteiger partial charge in [-0.05, 0) is 57.9 Å². The molecule has 28 heavy (non-hydrogen) atoms. The number of piperidine rings is 1. The minimum Gasteiger partial charge on any atom is -0.444 e. The molecule has 2 fully saturated rings. The Morgan fingerprint density at radius 1 is 0.929 bits per heavy atom. The van der Waals surface area contributed by atoms with Gasteiger partial charge in [-0.25, -0.2) is 9.18 Å². The first kappa shape index (κ1) is 20.4. The second kappa shape index (κ2) is 8.37. The van der Waals surface area contributed by atoms with Crippen LogP contribution in [-0.2, 0) is 9.53 Å². The van der Waals surface area contributed by atoms with Crippen LogP contribution >= 0.6 is 0 Å². The van der Waals surface area contributed by atoms with E-state index in [-0.39, 0.29) is 23.7 Å². The molecule has 0 spiro atoms. The first-order chi connectivity index (χ1) is 13.2. The van der Waals surface area contributed by atoms with Crippen molar-refractivity contribution in [1.29, 1.82) is 0 Å². The third-order valence-electron chi connectivity index (χ3n) is 5.28. The van der Waals surface area contributed by atoms with Gasteiger partial charge in [-0.15, -0.1) is 0 Å². The molecule has 0 unspecified atom stereocenters. The first-order valence-corrected chi connectivity index (χ1v) is 10.0. The molecule has 154 valence electrons. The van der Waals surface area contributed by atoms with E-state index in [2.05, 4.69) is 4.90 Å². The van der Waals surface area contributed by atoms with Crippen molar-refractivity contribution in [2.45, 2.75) is 39.2 Å². The third-order valence-corrected chi connectivity index (χ3v) is 5.28. The zero-order chi connectivity index (χ0) is 20.3. The molecule has 2 saturated heterocycles. The Kier molecular flexibility index (Phi) is 6.10. The standard InChI is InChI=1S/C21H30FN3O3/c1-21(2,3)28-20(27)25-10-8-16(9-11-25)19(26)24-14-12-23(13-15-24)18-6-4-17(22)5-7-18/h4-7,16H,8-15H2,1-3H3. The fourth-order valence-corrected chi connectivity index (χ4v) is 3.73. The number of benzene rings is 1. The summed E-state index contributed by atoms with van der Waals surface area (Å²) in [5.74, 6) is -0.0889. The van der Waals surface area contributed by atoms with E-state index in [9.17, 15) is 14.0 Å². The fourth-order valence-electron chi connectivity index (χ4n) is 3.73. The normalized spacial score (nSPS) is 18.9. The lowest BCUT2D eigenvalue weighted by Crippen LogP contribution is -2.52. The molecule has 2 aliphatic rings. The topological polar surface area (TPSA) is 53.1 Å². The highest BCUT2D eigenvalue weighted by Crippen LogP contribution is 2.23. The van der Waals surface area contributed by atoms with Crippen LogP contribution < -0.4 is 4.90 Å². The molecule has 0 atom stereocenters. The Morgan fingerprint density at radius 3 is 2.04 bits per heavy atom. The molecule has 0 N–H and O–H groups in total. The Bertz CT molecular complexity index is 686. The monoisotopic (exact) mass is 391 g/mol. The summed E-state index contributed by atoms with van der Waals surface area (Å²) in [6.07, 6.45) is 1.05. The van der Waals surface area contributed by atoms with Crippen LogP contribution in [0.1, 0.15) is 33.6 Å². The van der Waals surface area contributed by atoms with E-state index < -0.39 is 5.60 Å². The number of hydrogen-bond acceptors (Lipinski definition) is 4. The van der Waals surface area contributed by atoms with Crippen LogP contribution in [0.3, 0.4) is 0 Å². The predicted molar refractivity (Wildman–Crippen MR) is 106 cm³/mol. The number of halogens is 1. The van der Waals surface area contributed by atoms with E-state index in [0.29, 0.717) is 39.0 Å². The SMILES string of the molecule is CC(C)(C)OC(=O)N1CCC(C(=O)N2CCN(c3ccc(F)cc3)CC2)CC1. The summed E-state index contributed by atoms with van der Waals surface area (Å²) in [6, 6.07) is 6.48. The van der Waals surface area contributed by atoms with Crippen molar-refractivity contribution >= 4 is 17.7 Å². The molecule has 2 amide bonds. The van der Waals surface area contributed by atoms with E-state index in [1.54, 1.807) is 17.0 Å².